The van der Waals surface area contributed by atoms with Gasteiger partial charge in [0.05, 0.1) is 13.2 Å². The number of hydrazine groups is 1. The maximum absolute atomic E-state index is 5.40. The van der Waals surface area contributed by atoms with Gasteiger partial charge in [0.2, 0.25) is 0 Å². The van der Waals surface area contributed by atoms with E-state index in [1.54, 1.807) is 0 Å². The third-order valence-electron chi connectivity index (χ3n) is 4.32. The zero-order valence-electron chi connectivity index (χ0n) is 12.9. The topological polar surface area (TPSA) is 31.0 Å². The van der Waals surface area contributed by atoms with Crippen molar-refractivity contribution < 1.29 is 4.74 Å². The van der Waals surface area contributed by atoms with Crippen molar-refractivity contribution in [2.45, 2.75) is 6.54 Å². The molecule has 1 N–H and O–H groups in total. The van der Waals surface area contributed by atoms with E-state index in [2.05, 4.69) is 51.5 Å². The number of nitrogens with one attached hydrogen (secondary N) is 1. The van der Waals surface area contributed by atoms with E-state index in [0.717, 1.165) is 59.0 Å². The minimum Gasteiger partial charge on any atom is -0.378 e. The van der Waals surface area contributed by atoms with Gasteiger partial charge in [0.25, 0.3) is 0 Å². The van der Waals surface area contributed by atoms with Crippen molar-refractivity contribution in [3.63, 3.8) is 0 Å². The molecule has 0 unspecified atom stereocenters. The number of piperazine rings is 1. The molecule has 3 rings (SSSR count). The van der Waals surface area contributed by atoms with Crippen LogP contribution in [-0.4, -0.2) is 69.4 Å². The Balaban J connectivity index is 1.48. The summed E-state index contributed by atoms with van der Waals surface area (Å²) in [6.45, 7) is 9.07. The molecule has 0 amide bonds. The number of likely N-dealkylation sites (N-methyl/N-ethyl adjacent to an activating group) is 1. The van der Waals surface area contributed by atoms with Crippen LogP contribution in [0.2, 0.25) is 0 Å². The average Bonchev–Trinajstić information content (AvgIpc) is 2.56. The van der Waals surface area contributed by atoms with E-state index in [9.17, 15) is 0 Å². The molecule has 5 nitrogen and oxygen atoms in total. The normalized spacial score (nSPS) is 21.7. The fraction of sp³-hybridized carbons (Fsp3) is 0.625. The highest BCUT2D eigenvalue weighted by Crippen LogP contribution is 2.16. The fourth-order valence-electron chi connectivity index (χ4n) is 2.81. The number of morpholine rings is 1. The van der Waals surface area contributed by atoms with Gasteiger partial charge in [-0.3, -0.25) is 5.43 Å². The Bertz CT molecular complexity index is 422. The standard InChI is InChI=1S/C16H26N4O/c1-18-6-8-20(9-7-18)17-14-15-2-4-16(5-3-15)19-10-12-21-13-11-19/h2-5,17H,6-14H2,1H3. The van der Waals surface area contributed by atoms with Crippen molar-refractivity contribution in [3.8, 4) is 0 Å². The lowest BCUT2D eigenvalue weighted by Crippen LogP contribution is -2.50. The predicted octanol–water partition coefficient (Wildman–Crippen LogP) is 0.775. The van der Waals surface area contributed by atoms with Gasteiger partial charge in [-0.2, -0.15) is 0 Å². The van der Waals surface area contributed by atoms with E-state index in [0.29, 0.717) is 0 Å². The monoisotopic (exact) mass is 290 g/mol. The lowest BCUT2D eigenvalue weighted by atomic mass is 10.2. The number of rotatable bonds is 4. The van der Waals surface area contributed by atoms with Crippen molar-refractivity contribution >= 4 is 5.69 Å². The summed E-state index contributed by atoms with van der Waals surface area (Å²) in [4.78, 5) is 4.76. The molecule has 0 spiro atoms. The molecule has 2 heterocycles. The first-order chi connectivity index (χ1) is 10.3. The summed E-state index contributed by atoms with van der Waals surface area (Å²) in [6, 6.07) is 8.92. The van der Waals surface area contributed by atoms with Gasteiger partial charge in [-0.25, -0.2) is 5.01 Å². The Hall–Kier alpha value is -1.14. The van der Waals surface area contributed by atoms with E-state index < -0.39 is 0 Å². The van der Waals surface area contributed by atoms with Crippen LogP contribution in [0.15, 0.2) is 24.3 Å². The molecule has 0 saturated carbocycles. The summed E-state index contributed by atoms with van der Waals surface area (Å²) in [6.07, 6.45) is 0. The van der Waals surface area contributed by atoms with Crippen molar-refractivity contribution in [1.29, 1.82) is 0 Å². The van der Waals surface area contributed by atoms with Gasteiger partial charge in [-0.05, 0) is 24.7 Å². The number of hydrogen-bond donors (Lipinski definition) is 1. The van der Waals surface area contributed by atoms with Gasteiger partial charge in [0, 0.05) is 51.5 Å². The molecule has 2 aliphatic heterocycles. The van der Waals surface area contributed by atoms with Crippen molar-refractivity contribution in [2.75, 3.05) is 64.4 Å². The highest BCUT2D eigenvalue weighted by atomic mass is 16.5. The molecule has 2 fully saturated rings. The molecule has 116 valence electrons. The van der Waals surface area contributed by atoms with E-state index >= 15 is 0 Å². The van der Waals surface area contributed by atoms with Crippen molar-refractivity contribution in [2.24, 2.45) is 0 Å². The van der Waals surface area contributed by atoms with E-state index in [1.165, 1.54) is 11.3 Å². The lowest BCUT2D eigenvalue weighted by Gasteiger charge is -2.32. The Morgan fingerprint density at radius 2 is 1.62 bits per heavy atom. The molecule has 21 heavy (non-hydrogen) atoms. The highest BCUT2D eigenvalue weighted by Gasteiger charge is 2.13. The van der Waals surface area contributed by atoms with Gasteiger partial charge < -0.3 is 14.5 Å². The minimum atomic E-state index is 0.840. The fourth-order valence-corrected chi connectivity index (χ4v) is 2.81. The van der Waals surface area contributed by atoms with Crippen LogP contribution >= 0.6 is 0 Å². The van der Waals surface area contributed by atoms with Gasteiger partial charge in [-0.1, -0.05) is 12.1 Å². The first-order valence-corrected chi connectivity index (χ1v) is 7.90. The molecular weight excluding hydrogens is 264 g/mol. The number of hydrogen-bond acceptors (Lipinski definition) is 5. The maximum atomic E-state index is 5.40. The van der Waals surface area contributed by atoms with Crippen LogP contribution in [0.25, 0.3) is 0 Å². The van der Waals surface area contributed by atoms with E-state index in [4.69, 9.17) is 4.74 Å². The van der Waals surface area contributed by atoms with Crippen LogP contribution in [0.1, 0.15) is 5.56 Å². The summed E-state index contributed by atoms with van der Waals surface area (Å²) in [7, 11) is 2.18. The zero-order valence-corrected chi connectivity index (χ0v) is 12.9. The molecule has 1 aromatic carbocycles. The number of ether oxygens (including phenoxy) is 1. The average molecular weight is 290 g/mol. The van der Waals surface area contributed by atoms with Crippen molar-refractivity contribution in [3.05, 3.63) is 29.8 Å². The van der Waals surface area contributed by atoms with Crippen LogP contribution in [0, 0.1) is 0 Å². The predicted molar refractivity (Wildman–Crippen MR) is 85.4 cm³/mol. The van der Waals surface area contributed by atoms with Gasteiger partial charge in [0.1, 0.15) is 0 Å². The Labute approximate surface area is 127 Å². The molecule has 1 aromatic rings. The molecule has 5 heteroatoms. The van der Waals surface area contributed by atoms with Gasteiger partial charge >= 0.3 is 0 Å². The molecule has 0 atom stereocenters. The summed E-state index contributed by atoms with van der Waals surface area (Å²) < 4.78 is 5.40. The van der Waals surface area contributed by atoms with Crippen LogP contribution in [0.5, 0.6) is 0 Å². The van der Waals surface area contributed by atoms with E-state index in [1.807, 2.05) is 0 Å². The summed E-state index contributed by atoms with van der Waals surface area (Å²) in [5.41, 5.74) is 6.18. The number of nitrogens with zero attached hydrogens (tertiary/aromatic N) is 3. The van der Waals surface area contributed by atoms with Crippen LogP contribution in [-0.2, 0) is 11.3 Å². The molecule has 0 radical (unpaired) electrons. The molecule has 0 bridgehead atoms. The SMILES string of the molecule is CN1CCN(NCc2ccc(N3CCOCC3)cc2)CC1. The molecule has 2 aliphatic rings. The first-order valence-electron chi connectivity index (χ1n) is 7.90. The third kappa shape index (κ3) is 4.17. The second kappa shape index (κ2) is 7.22. The molecular formula is C16H26N4O. The Kier molecular flexibility index (Phi) is 5.08. The van der Waals surface area contributed by atoms with E-state index in [-0.39, 0.29) is 0 Å². The van der Waals surface area contributed by atoms with Gasteiger partial charge in [0.15, 0.2) is 0 Å². The third-order valence-corrected chi connectivity index (χ3v) is 4.32. The molecule has 2 saturated heterocycles. The lowest BCUT2D eigenvalue weighted by molar-refractivity contribution is 0.102. The molecule has 0 aromatic heterocycles. The van der Waals surface area contributed by atoms with Crippen molar-refractivity contribution in [1.82, 2.24) is 15.3 Å². The van der Waals surface area contributed by atoms with Crippen LogP contribution in [0.3, 0.4) is 0 Å². The summed E-state index contributed by atoms with van der Waals surface area (Å²) in [5, 5.41) is 2.33. The zero-order chi connectivity index (χ0) is 14.5. The van der Waals surface area contributed by atoms with Crippen LogP contribution in [0.4, 0.5) is 5.69 Å². The second-order valence-corrected chi connectivity index (χ2v) is 5.89. The number of anilines is 1. The minimum absolute atomic E-state index is 0.840. The largest absolute Gasteiger partial charge is 0.378 e. The maximum Gasteiger partial charge on any atom is 0.0642 e. The molecule has 0 aliphatic carbocycles. The smallest absolute Gasteiger partial charge is 0.0642 e. The first kappa shape index (κ1) is 14.8. The Morgan fingerprint density at radius 3 is 2.29 bits per heavy atom. The Morgan fingerprint density at radius 1 is 0.952 bits per heavy atom. The van der Waals surface area contributed by atoms with Crippen LogP contribution < -0.4 is 10.3 Å². The highest BCUT2D eigenvalue weighted by molar-refractivity contribution is 5.47. The summed E-state index contributed by atoms with van der Waals surface area (Å²) >= 11 is 0. The second-order valence-electron chi connectivity index (χ2n) is 5.89. The van der Waals surface area contributed by atoms with Gasteiger partial charge in [-0.15, -0.1) is 0 Å². The summed E-state index contributed by atoms with van der Waals surface area (Å²) in [5.74, 6) is 0. The quantitative estimate of drug-likeness (QED) is 0.885. The number of benzene rings is 1.